The van der Waals surface area contributed by atoms with Gasteiger partial charge in [0.1, 0.15) is 10.6 Å². The lowest BCUT2D eigenvalue weighted by molar-refractivity contribution is 0.265. The average molecular weight is 274 g/mol. The van der Waals surface area contributed by atoms with Crippen LogP contribution in [0.3, 0.4) is 0 Å². The van der Waals surface area contributed by atoms with Crippen molar-refractivity contribution in [1.29, 1.82) is 0 Å². The molecule has 0 aliphatic heterocycles. The molecule has 7 heteroatoms. The Hall–Kier alpha value is -1.31. The standard InChI is InChI=1S/C11H18N2O4S/c1-7-4-10(17-3)11(5-9(7)12)18(15,16)13-8(2)6-14/h4-5,8,13-14H,6,12H2,1-3H3/t8-/m0/s1. The molecular formula is C11H18N2O4S. The molecule has 18 heavy (non-hydrogen) atoms. The zero-order valence-electron chi connectivity index (χ0n) is 10.6. The van der Waals surface area contributed by atoms with Crippen LogP contribution in [0, 0.1) is 6.92 Å². The second-order valence-electron chi connectivity index (χ2n) is 4.06. The summed E-state index contributed by atoms with van der Waals surface area (Å²) in [4.78, 5) is -0.0339. The van der Waals surface area contributed by atoms with E-state index < -0.39 is 16.1 Å². The topological polar surface area (TPSA) is 102 Å². The van der Waals surface area contributed by atoms with Gasteiger partial charge in [0.2, 0.25) is 10.0 Å². The molecule has 6 nitrogen and oxygen atoms in total. The molecule has 0 unspecified atom stereocenters. The Morgan fingerprint density at radius 2 is 2.11 bits per heavy atom. The van der Waals surface area contributed by atoms with Crippen LogP contribution in [0.15, 0.2) is 17.0 Å². The maximum Gasteiger partial charge on any atom is 0.244 e. The van der Waals surface area contributed by atoms with Crippen LogP contribution in [-0.4, -0.2) is 33.3 Å². The largest absolute Gasteiger partial charge is 0.495 e. The average Bonchev–Trinajstić information content (AvgIpc) is 2.31. The molecule has 4 N–H and O–H groups in total. The summed E-state index contributed by atoms with van der Waals surface area (Å²) in [5.41, 5.74) is 6.81. The number of hydrogen-bond donors (Lipinski definition) is 3. The number of benzene rings is 1. The fourth-order valence-corrected chi connectivity index (χ4v) is 2.83. The van der Waals surface area contributed by atoms with Crippen molar-refractivity contribution < 1.29 is 18.3 Å². The quantitative estimate of drug-likeness (QED) is 0.668. The second-order valence-corrected chi connectivity index (χ2v) is 5.75. The van der Waals surface area contributed by atoms with Crippen molar-refractivity contribution >= 4 is 15.7 Å². The highest BCUT2D eigenvalue weighted by Gasteiger charge is 2.22. The molecule has 1 aromatic carbocycles. The number of sulfonamides is 1. The van der Waals surface area contributed by atoms with Crippen molar-refractivity contribution in [2.75, 3.05) is 19.5 Å². The molecular weight excluding hydrogens is 256 g/mol. The molecule has 0 aromatic heterocycles. The number of aliphatic hydroxyl groups is 1. The Kier molecular flexibility index (Phi) is 4.55. The number of aryl methyl sites for hydroxylation is 1. The Morgan fingerprint density at radius 1 is 1.50 bits per heavy atom. The molecule has 0 aliphatic carbocycles. The molecule has 102 valence electrons. The molecule has 0 heterocycles. The molecule has 0 fully saturated rings. The Bertz CT molecular complexity index is 528. The molecule has 0 aliphatic rings. The van der Waals surface area contributed by atoms with Crippen molar-refractivity contribution in [3.63, 3.8) is 0 Å². The maximum atomic E-state index is 12.1. The lowest BCUT2D eigenvalue weighted by Crippen LogP contribution is -2.35. The fourth-order valence-electron chi connectivity index (χ4n) is 1.41. The number of anilines is 1. The highest BCUT2D eigenvalue weighted by molar-refractivity contribution is 7.89. The number of rotatable bonds is 5. The normalized spacial score (nSPS) is 13.3. The fraction of sp³-hybridized carbons (Fsp3) is 0.455. The molecule has 0 saturated carbocycles. The van der Waals surface area contributed by atoms with E-state index >= 15 is 0 Å². The zero-order valence-corrected chi connectivity index (χ0v) is 11.4. The number of nitrogens with one attached hydrogen (secondary N) is 1. The highest BCUT2D eigenvalue weighted by atomic mass is 32.2. The van der Waals surface area contributed by atoms with Gasteiger partial charge in [-0.3, -0.25) is 0 Å². The monoisotopic (exact) mass is 274 g/mol. The van der Waals surface area contributed by atoms with Crippen LogP contribution in [0.5, 0.6) is 5.75 Å². The summed E-state index contributed by atoms with van der Waals surface area (Å²) in [6.45, 7) is 3.03. The van der Waals surface area contributed by atoms with E-state index in [1.165, 1.54) is 13.2 Å². The summed E-state index contributed by atoms with van der Waals surface area (Å²) in [7, 11) is -2.38. The number of nitrogens with two attached hydrogens (primary N) is 1. The van der Waals surface area contributed by atoms with Gasteiger partial charge in [-0.2, -0.15) is 0 Å². The van der Waals surface area contributed by atoms with Crippen molar-refractivity contribution in [2.45, 2.75) is 24.8 Å². The first-order chi connectivity index (χ1) is 8.31. The molecule has 1 rings (SSSR count). The molecule has 0 bridgehead atoms. The summed E-state index contributed by atoms with van der Waals surface area (Å²) < 4.78 is 31.5. The molecule has 1 aromatic rings. The van der Waals surface area contributed by atoms with Crippen LogP contribution < -0.4 is 15.2 Å². The van der Waals surface area contributed by atoms with E-state index in [4.69, 9.17) is 15.6 Å². The Morgan fingerprint density at radius 3 is 2.61 bits per heavy atom. The number of aliphatic hydroxyl groups excluding tert-OH is 1. The summed E-state index contributed by atoms with van der Waals surface area (Å²) in [6.07, 6.45) is 0. The van der Waals surface area contributed by atoms with E-state index in [-0.39, 0.29) is 17.3 Å². The van der Waals surface area contributed by atoms with Crippen LogP contribution in [-0.2, 0) is 10.0 Å². The molecule has 0 spiro atoms. The molecule has 1 atom stereocenters. The van der Waals surface area contributed by atoms with Gasteiger partial charge in [0.25, 0.3) is 0 Å². The van der Waals surface area contributed by atoms with Gasteiger partial charge in [0.05, 0.1) is 13.7 Å². The van der Waals surface area contributed by atoms with Crippen molar-refractivity contribution in [3.05, 3.63) is 17.7 Å². The van der Waals surface area contributed by atoms with E-state index in [2.05, 4.69) is 4.72 Å². The van der Waals surface area contributed by atoms with Gasteiger partial charge in [0, 0.05) is 11.7 Å². The van der Waals surface area contributed by atoms with Crippen LogP contribution in [0.4, 0.5) is 5.69 Å². The third-order valence-electron chi connectivity index (χ3n) is 2.47. The van der Waals surface area contributed by atoms with Gasteiger partial charge < -0.3 is 15.6 Å². The minimum absolute atomic E-state index is 0.0339. The van der Waals surface area contributed by atoms with Gasteiger partial charge >= 0.3 is 0 Å². The second kappa shape index (κ2) is 5.55. The molecule has 0 saturated heterocycles. The molecule has 0 amide bonds. The first-order valence-electron chi connectivity index (χ1n) is 5.39. The van der Waals surface area contributed by atoms with Gasteiger partial charge in [-0.15, -0.1) is 0 Å². The zero-order chi connectivity index (χ0) is 13.9. The summed E-state index contributed by atoms with van der Waals surface area (Å²) in [6, 6.07) is 2.33. The first-order valence-corrected chi connectivity index (χ1v) is 6.87. The first kappa shape index (κ1) is 14.7. The number of nitrogen functional groups attached to an aromatic ring is 1. The number of ether oxygens (including phenoxy) is 1. The predicted octanol–water partition coefficient (Wildman–Crippen LogP) is 0.245. The van der Waals surface area contributed by atoms with E-state index in [1.54, 1.807) is 19.9 Å². The predicted molar refractivity (Wildman–Crippen MR) is 69.0 cm³/mol. The van der Waals surface area contributed by atoms with Crippen molar-refractivity contribution in [3.8, 4) is 5.75 Å². The lowest BCUT2D eigenvalue weighted by Gasteiger charge is -2.15. The SMILES string of the molecule is COc1cc(C)c(N)cc1S(=O)(=O)N[C@@H](C)CO. The van der Waals surface area contributed by atoms with Gasteiger partial charge in [0.15, 0.2) is 0 Å². The summed E-state index contributed by atoms with van der Waals surface area (Å²) >= 11 is 0. The van der Waals surface area contributed by atoms with Crippen LogP contribution >= 0.6 is 0 Å². The van der Waals surface area contributed by atoms with Gasteiger partial charge in [-0.05, 0) is 31.5 Å². The third-order valence-corrected chi connectivity index (χ3v) is 4.08. The maximum absolute atomic E-state index is 12.1. The van der Waals surface area contributed by atoms with Gasteiger partial charge in [-0.1, -0.05) is 0 Å². The summed E-state index contributed by atoms with van der Waals surface area (Å²) in [5, 5.41) is 8.89. The number of hydrogen-bond acceptors (Lipinski definition) is 5. The number of methoxy groups -OCH3 is 1. The van der Waals surface area contributed by atoms with Crippen LogP contribution in [0.2, 0.25) is 0 Å². The minimum atomic E-state index is -3.77. The minimum Gasteiger partial charge on any atom is -0.495 e. The Balaban J connectivity index is 3.27. The smallest absolute Gasteiger partial charge is 0.244 e. The summed E-state index contributed by atoms with van der Waals surface area (Å²) in [5.74, 6) is 0.222. The van der Waals surface area contributed by atoms with E-state index in [9.17, 15) is 8.42 Å². The Labute approximate surface area is 107 Å². The van der Waals surface area contributed by atoms with E-state index in [1.807, 2.05) is 0 Å². The van der Waals surface area contributed by atoms with E-state index in [0.29, 0.717) is 5.69 Å². The lowest BCUT2D eigenvalue weighted by atomic mass is 10.2. The van der Waals surface area contributed by atoms with Crippen LogP contribution in [0.1, 0.15) is 12.5 Å². The van der Waals surface area contributed by atoms with Crippen molar-refractivity contribution in [1.82, 2.24) is 4.72 Å². The van der Waals surface area contributed by atoms with Crippen LogP contribution in [0.25, 0.3) is 0 Å². The third kappa shape index (κ3) is 3.12. The van der Waals surface area contributed by atoms with Gasteiger partial charge in [-0.25, -0.2) is 13.1 Å². The highest BCUT2D eigenvalue weighted by Crippen LogP contribution is 2.28. The molecule has 0 radical (unpaired) electrons. The van der Waals surface area contributed by atoms with Crippen molar-refractivity contribution in [2.24, 2.45) is 0 Å². The van der Waals surface area contributed by atoms with E-state index in [0.717, 1.165) is 5.56 Å².